The fraction of sp³-hybridized carbons (Fsp3) is 0.286. The molecule has 3 rings (SSSR count). The van der Waals surface area contributed by atoms with E-state index in [0.717, 1.165) is 27.1 Å². The van der Waals surface area contributed by atoms with Crippen molar-refractivity contribution in [3.63, 3.8) is 0 Å². The fourth-order valence-corrected chi connectivity index (χ4v) is 3.32. The van der Waals surface area contributed by atoms with Crippen LogP contribution in [-0.4, -0.2) is 28.8 Å². The third-order valence-electron chi connectivity index (χ3n) is 3.17. The lowest BCUT2D eigenvalue weighted by Crippen LogP contribution is -2.15. The maximum Gasteiger partial charge on any atom is 0.162 e. The average Bonchev–Trinajstić information content (AvgIpc) is 2.73. The smallest absolute Gasteiger partial charge is 0.162 e. The van der Waals surface area contributed by atoms with Crippen molar-refractivity contribution in [2.75, 3.05) is 13.2 Å². The second-order valence-electron chi connectivity index (χ2n) is 4.71. The average molecular weight is 304 g/mol. The maximum atomic E-state index is 7.71. The lowest BCUT2D eigenvalue weighted by molar-refractivity contribution is 0.171. The molecule has 0 saturated heterocycles. The molecule has 0 unspecified atom stereocenters. The summed E-state index contributed by atoms with van der Waals surface area (Å²) in [6.07, 6.45) is 0. The van der Waals surface area contributed by atoms with E-state index in [-0.39, 0.29) is 5.84 Å². The minimum Gasteiger partial charge on any atom is -0.486 e. The zero-order valence-corrected chi connectivity index (χ0v) is 12.7. The number of benzene rings is 1. The number of nitrogens with two attached hydrogens (primary N) is 1. The Morgan fingerprint density at radius 3 is 2.76 bits per heavy atom. The second kappa shape index (κ2) is 5.33. The van der Waals surface area contributed by atoms with Gasteiger partial charge in [0.1, 0.15) is 24.1 Å². The third-order valence-corrected chi connectivity index (χ3v) is 4.32. The van der Waals surface area contributed by atoms with Gasteiger partial charge in [-0.3, -0.25) is 10.1 Å². The van der Waals surface area contributed by atoms with Gasteiger partial charge in [-0.05, 0) is 25.1 Å². The molecule has 0 bridgehead atoms. The molecule has 0 atom stereocenters. The molecule has 0 fully saturated rings. The molecule has 0 spiro atoms. The number of ether oxygens (including phenoxy) is 2. The van der Waals surface area contributed by atoms with Crippen molar-refractivity contribution in [2.45, 2.75) is 16.8 Å². The lowest BCUT2D eigenvalue weighted by atomic mass is 10.2. The first kappa shape index (κ1) is 13.8. The van der Waals surface area contributed by atoms with E-state index in [1.165, 1.54) is 11.8 Å². The number of nitrogens with one attached hydrogen (secondary N) is 1. The molecule has 2 heterocycles. The number of nitrogens with zero attached hydrogens (tertiary/aromatic N) is 2. The van der Waals surface area contributed by atoms with Crippen molar-refractivity contribution in [1.82, 2.24) is 9.78 Å². The van der Waals surface area contributed by atoms with Gasteiger partial charge in [-0.1, -0.05) is 11.8 Å². The van der Waals surface area contributed by atoms with E-state index in [9.17, 15) is 0 Å². The van der Waals surface area contributed by atoms with Gasteiger partial charge in [-0.2, -0.15) is 5.10 Å². The van der Waals surface area contributed by atoms with E-state index >= 15 is 0 Å². The fourth-order valence-electron chi connectivity index (χ4n) is 2.26. The van der Waals surface area contributed by atoms with Crippen LogP contribution in [0.1, 0.15) is 11.3 Å². The van der Waals surface area contributed by atoms with Crippen LogP contribution in [0.4, 0.5) is 0 Å². The molecule has 3 N–H and O–H groups in total. The van der Waals surface area contributed by atoms with E-state index in [1.54, 1.807) is 4.68 Å². The monoisotopic (exact) mass is 304 g/mol. The molecule has 7 heteroatoms. The van der Waals surface area contributed by atoms with Crippen LogP contribution < -0.4 is 15.2 Å². The Hall–Kier alpha value is -2.15. The van der Waals surface area contributed by atoms with Gasteiger partial charge in [0.05, 0.1) is 11.3 Å². The molecule has 0 radical (unpaired) electrons. The standard InChI is InChI=1S/C14H16N4O2S/c1-8-12(13(15)16)14(18(2)17-8)21-9-3-4-10-11(7-9)20-6-5-19-10/h3-4,7H,5-6H2,1-2H3,(H3,15,16). The van der Waals surface area contributed by atoms with Gasteiger partial charge < -0.3 is 15.2 Å². The molecule has 6 nitrogen and oxygen atoms in total. The molecule has 0 saturated carbocycles. The first-order chi connectivity index (χ1) is 10.1. The Morgan fingerprint density at radius 1 is 1.33 bits per heavy atom. The van der Waals surface area contributed by atoms with Gasteiger partial charge in [-0.25, -0.2) is 0 Å². The summed E-state index contributed by atoms with van der Waals surface area (Å²) in [4.78, 5) is 0.991. The minimum absolute atomic E-state index is 0.0284. The molecule has 1 aromatic carbocycles. The molecule has 110 valence electrons. The molecular weight excluding hydrogens is 288 g/mol. The van der Waals surface area contributed by atoms with Gasteiger partial charge in [0.25, 0.3) is 0 Å². The lowest BCUT2D eigenvalue weighted by Gasteiger charge is -2.18. The van der Waals surface area contributed by atoms with Crippen molar-refractivity contribution in [2.24, 2.45) is 12.8 Å². The van der Waals surface area contributed by atoms with Crippen LogP contribution in [0.15, 0.2) is 28.1 Å². The van der Waals surface area contributed by atoms with Gasteiger partial charge in [0.15, 0.2) is 11.5 Å². The van der Waals surface area contributed by atoms with Crippen molar-refractivity contribution in [3.05, 3.63) is 29.5 Å². The molecular formula is C14H16N4O2S. The molecule has 1 aromatic heterocycles. The Morgan fingerprint density at radius 2 is 2.05 bits per heavy atom. The van der Waals surface area contributed by atoms with Crippen LogP contribution in [0.5, 0.6) is 11.5 Å². The predicted molar refractivity (Wildman–Crippen MR) is 80.5 cm³/mol. The first-order valence-electron chi connectivity index (χ1n) is 6.51. The van der Waals surface area contributed by atoms with E-state index in [0.29, 0.717) is 18.8 Å². The van der Waals surface area contributed by atoms with Crippen LogP contribution in [0.2, 0.25) is 0 Å². The van der Waals surface area contributed by atoms with Gasteiger partial charge in [0, 0.05) is 11.9 Å². The number of aryl methyl sites for hydroxylation is 2. The van der Waals surface area contributed by atoms with Gasteiger partial charge in [0.2, 0.25) is 0 Å². The number of nitrogen functional groups attached to an aromatic ring is 1. The SMILES string of the molecule is Cc1nn(C)c(Sc2ccc3c(c2)OCCO3)c1C(=N)N. The number of aromatic nitrogens is 2. The highest BCUT2D eigenvalue weighted by atomic mass is 32.2. The van der Waals surface area contributed by atoms with E-state index < -0.39 is 0 Å². The summed E-state index contributed by atoms with van der Waals surface area (Å²) in [5, 5.41) is 12.9. The van der Waals surface area contributed by atoms with Crippen molar-refractivity contribution in [1.29, 1.82) is 5.41 Å². The molecule has 2 aromatic rings. The number of amidine groups is 1. The largest absolute Gasteiger partial charge is 0.486 e. The van der Waals surface area contributed by atoms with Crippen molar-refractivity contribution < 1.29 is 9.47 Å². The Balaban J connectivity index is 1.95. The van der Waals surface area contributed by atoms with Crippen LogP contribution in [0.3, 0.4) is 0 Å². The van der Waals surface area contributed by atoms with E-state index in [4.69, 9.17) is 20.6 Å². The summed E-state index contributed by atoms with van der Waals surface area (Å²) < 4.78 is 12.8. The number of rotatable bonds is 3. The maximum absolute atomic E-state index is 7.71. The van der Waals surface area contributed by atoms with Crippen molar-refractivity contribution >= 4 is 17.6 Å². The molecule has 21 heavy (non-hydrogen) atoms. The Bertz CT molecular complexity index is 711. The summed E-state index contributed by atoms with van der Waals surface area (Å²) in [6, 6.07) is 5.79. The molecule has 0 aliphatic carbocycles. The van der Waals surface area contributed by atoms with E-state index in [1.807, 2.05) is 32.2 Å². The predicted octanol–water partition coefficient (Wildman–Crippen LogP) is 1.93. The summed E-state index contributed by atoms with van der Waals surface area (Å²) in [6.45, 7) is 2.99. The third kappa shape index (κ3) is 2.56. The quantitative estimate of drug-likeness (QED) is 0.668. The summed E-state index contributed by atoms with van der Waals surface area (Å²) in [5.74, 6) is 1.54. The summed E-state index contributed by atoms with van der Waals surface area (Å²) in [7, 11) is 1.85. The van der Waals surface area contributed by atoms with Crippen LogP contribution in [0.25, 0.3) is 0 Å². The second-order valence-corrected chi connectivity index (χ2v) is 5.77. The number of hydrogen-bond donors (Lipinski definition) is 2. The summed E-state index contributed by atoms with van der Waals surface area (Å²) in [5.41, 5.74) is 7.10. The molecule has 1 aliphatic rings. The van der Waals surface area contributed by atoms with Gasteiger partial charge >= 0.3 is 0 Å². The molecule has 1 aliphatic heterocycles. The van der Waals surface area contributed by atoms with Gasteiger partial charge in [-0.15, -0.1) is 0 Å². The number of fused-ring (bicyclic) bond motifs is 1. The number of hydrogen-bond acceptors (Lipinski definition) is 5. The van der Waals surface area contributed by atoms with Crippen LogP contribution in [-0.2, 0) is 7.05 Å². The van der Waals surface area contributed by atoms with E-state index in [2.05, 4.69) is 5.10 Å². The van der Waals surface area contributed by atoms with Crippen molar-refractivity contribution in [3.8, 4) is 11.5 Å². The zero-order valence-electron chi connectivity index (χ0n) is 11.8. The highest BCUT2D eigenvalue weighted by Gasteiger charge is 2.18. The van der Waals surface area contributed by atoms with Crippen LogP contribution >= 0.6 is 11.8 Å². The van der Waals surface area contributed by atoms with Crippen LogP contribution in [0, 0.1) is 12.3 Å². The normalized spacial score (nSPS) is 13.2. The first-order valence-corrected chi connectivity index (χ1v) is 7.33. The summed E-state index contributed by atoms with van der Waals surface area (Å²) >= 11 is 1.51. The zero-order chi connectivity index (χ0) is 15.0. The highest BCUT2D eigenvalue weighted by molar-refractivity contribution is 7.99. The topological polar surface area (TPSA) is 86.2 Å². The Kier molecular flexibility index (Phi) is 3.50. The highest BCUT2D eigenvalue weighted by Crippen LogP contribution is 2.38. The Labute approximate surface area is 126 Å². The molecule has 0 amide bonds. The minimum atomic E-state index is 0.0284.